The summed E-state index contributed by atoms with van der Waals surface area (Å²) >= 11 is 6.18. The first kappa shape index (κ1) is 29.1. The number of nitrogens with one attached hydrogen (secondary N) is 2. The van der Waals surface area contributed by atoms with Gasteiger partial charge < -0.3 is 25.5 Å². The highest BCUT2D eigenvalue weighted by atomic mass is 35.5. The van der Waals surface area contributed by atoms with Gasteiger partial charge in [0.15, 0.2) is 0 Å². The maximum atomic E-state index is 12.4. The summed E-state index contributed by atoms with van der Waals surface area (Å²) in [5, 5.41) is 14.9. The van der Waals surface area contributed by atoms with Crippen molar-refractivity contribution in [2.45, 2.75) is 69.9 Å². The first-order valence-electron chi connectivity index (χ1n) is 12.6. The van der Waals surface area contributed by atoms with Crippen LogP contribution in [-0.2, 0) is 20.8 Å². The summed E-state index contributed by atoms with van der Waals surface area (Å²) in [6, 6.07) is 8.30. The van der Waals surface area contributed by atoms with Gasteiger partial charge in [-0.2, -0.15) is 0 Å². The minimum atomic E-state index is -0.745. The molecule has 0 radical (unpaired) electrons. The molecule has 1 heterocycles. The predicted octanol–water partition coefficient (Wildman–Crippen LogP) is 2.93. The molecule has 2 amide bonds. The van der Waals surface area contributed by atoms with E-state index >= 15 is 0 Å². The van der Waals surface area contributed by atoms with Crippen molar-refractivity contribution in [1.29, 1.82) is 0 Å². The van der Waals surface area contributed by atoms with Gasteiger partial charge >= 0.3 is 5.97 Å². The molecule has 3 N–H and O–H groups in total. The topological polar surface area (TPSA) is 102 Å². The fourth-order valence-electron chi connectivity index (χ4n) is 4.70. The predicted molar refractivity (Wildman–Crippen MR) is 139 cm³/mol. The summed E-state index contributed by atoms with van der Waals surface area (Å²) in [5.41, 5.74) is 1.34. The van der Waals surface area contributed by atoms with E-state index in [1.54, 1.807) is 6.92 Å². The van der Waals surface area contributed by atoms with Crippen LogP contribution < -0.4 is 10.6 Å². The van der Waals surface area contributed by atoms with Crippen LogP contribution >= 0.6 is 11.6 Å². The van der Waals surface area contributed by atoms with Crippen molar-refractivity contribution in [3.05, 3.63) is 34.9 Å². The molecule has 0 aromatic heterocycles. The third kappa shape index (κ3) is 9.78. The van der Waals surface area contributed by atoms with Crippen LogP contribution in [-0.4, -0.2) is 84.5 Å². The molecule has 1 aromatic rings. The minimum Gasteiger partial charge on any atom is -0.481 e. The molecule has 8 nitrogen and oxygen atoms in total. The molecular formula is C26H41ClN4O4. The Labute approximate surface area is 214 Å². The van der Waals surface area contributed by atoms with Crippen molar-refractivity contribution in [2.24, 2.45) is 0 Å². The molecule has 0 atom stereocenters. The van der Waals surface area contributed by atoms with Gasteiger partial charge in [-0.15, -0.1) is 0 Å². The van der Waals surface area contributed by atoms with E-state index in [9.17, 15) is 14.4 Å². The lowest BCUT2D eigenvalue weighted by atomic mass is 9.75. The number of aliphatic carboxylic acids is 1. The molecule has 0 bridgehead atoms. The number of carbonyl (C=O) groups excluding carboxylic acids is 2. The van der Waals surface area contributed by atoms with Gasteiger partial charge in [-0.1, -0.05) is 30.7 Å². The number of nitrogens with zero attached hydrogens (tertiary/aromatic N) is 2. The number of amides is 2. The van der Waals surface area contributed by atoms with Crippen LogP contribution in [0.3, 0.4) is 0 Å². The maximum absolute atomic E-state index is 12.4. The fourth-order valence-corrected chi connectivity index (χ4v) is 4.91. The number of rotatable bonds is 8. The average molecular weight is 509 g/mol. The van der Waals surface area contributed by atoms with Gasteiger partial charge in [-0.3, -0.25) is 14.4 Å². The molecule has 1 aromatic carbocycles. The normalized spacial score (nSPS) is 22.2. The quantitative estimate of drug-likeness (QED) is 0.499. The summed E-state index contributed by atoms with van der Waals surface area (Å²) in [5.74, 6) is -0.663. The number of halogens is 1. The molecule has 0 spiro atoms. The van der Waals surface area contributed by atoms with Gasteiger partial charge in [-0.25, -0.2) is 0 Å². The lowest BCUT2D eigenvalue weighted by Crippen LogP contribution is -2.52. The third-order valence-corrected chi connectivity index (χ3v) is 7.23. The second-order valence-corrected chi connectivity index (χ2v) is 10.1. The Morgan fingerprint density at radius 3 is 2.34 bits per heavy atom. The lowest BCUT2D eigenvalue weighted by Gasteiger charge is -2.45. The number of carbonyl (C=O) groups is 3. The zero-order valence-corrected chi connectivity index (χ0v) is 22.1. The van der Waals surface area contributed by atoms with Crippen LogP contribution in [0.15, 0.2) is 24.3 Å². The Hall–Kier alpha value is -2.16. The summed E-state index contributed by atoms with van der Waals surface area (Å²) in [4.78, 5) is 38.2. The molecule has 1 saturated carbocycles. The fraction of sp³-hybridized carbons (Fsp3) is 0.654. The molecule has 196 valence electrons. The monoisotopic (exact) mass is 508 g/mol. The summed E-state index contributed by atoms with van der Waals surface area (Å²) in [7, 11) is 4.29. The van der Waals surface area contributed by atoms with Gasteiger partial charge in [0.2, 0.25) is 11.8 Å². The molecule has 3 rings (SSSR count). The standard InChI is InChI=1S/C23H35ClN4O2.C3H6O2/c1-27(2)23(17-18-4-3-5-19(24)16-18)10-8-20(9-11-23)26-21(29)6-7-22(30)28-14-12-25-13-15-28;1-2-3(4)5/h3-5,16,20,25H,6-15,17H2,1-2H3,(H,26,29);2H2,1H3,(H,4,5). The SMILES string of the molecule is CCC(=O)O.CN(C)C1(Cc2cccc(Cl)c2)CCC(NC(=O)CCC(=O)N2CCNCC2)CC1. The van der Waals surface area contributed by atoms with E-state index in [1.807, 2.05) is 17.0 Å². The second-order valence-electron chi connectivity index (χ2n) is 9.65. The van der Waals surface area contributed by atoms with Gasteiger partial charge in [-0.05, 0) is 63.9 Å². The van der Waals surface area contributed by atoms with Crippen LogP contribution in [0.2, 0.25) is 5.02 Å². The Morgan fingerprint density at radius 2 is 1.80 bits per heavy atom. The molecule has 1 saturated heterocycles. The molecule has 1 aliphatic carbocycles. The smallest absolute Gasteiger partial charge is 0.303 e. The van der Waals surface area contributed by atoms with E-state index in [0.29, 0.717) is 6.42 Å². The number of likely N-dealkylation sites (N-methyl/N-ethyl adjacent to an activating group) is 1. The number of benzene rings is 1. The van der Waals surface area contributed by atoms with Crippen molar-refractivity contribution in [2.75, 3.05) is 40.3 Å². The number of carboxylic acid groups (broad SMARTS) is 1. The molecular weight excluding hydrogens is 468 g/mol. The first-order valence-corrected chi connectivity index (χ1v) is 12.9. The molecule has 35 heavy (non-hydrogen) atoms. The van der Waals surface area contributed by atoms with E-state index in [0.717, 1.165) is 63.3 Å². The van der Waals surface area contributed by atoms with E-state index in [-0.39, 0.29) is 36.2 Å². The summed E-state index contributed by atoms with van der Waals surface area (Å²) < 4.78 is 0. The lowest BCUT2D eigenvalue weighted by molar-refractivity contribution is -0.136. The molecule has 1 aliphatic heterocycles. The first-order chi connectivity index (χ1) is 16.6. The second kappa shape index (κ2) is 14.4. The zero-order valence-electron chi connectivity index (χ0n) is 21.3. The van der Waals surface area contributed by atoms with E-state index in [2.05, 4.69) is 41.8 Å². The number of hydrogen-bond donors (Lipinski definition) is 3. The van der Waals surface area contributed by atoms with E-state index in [4.69, 9.17) is 16.7 Å². The van der Waals surface area contributed by atoms with E-state index in [1.165, 1.54) is 5.56 Å². The molecule has 0 unspecified atom stereocenters. The van der Waals surface area contributed by atoms with E-state index < -0.39 is 5.97 Å². The van der Waals surface area contributed by atoms with Crippen molar-refractivity contribution in [3.8, 4) is 0 Å². The summed E-state index contributed by atoms with van der Waals surface area (Å²) in [6.45, 7) is 4.75. The van der Waals surface area contributed by atoms with Crippen LogP contribution in [0.1, 0.15) is 57.4 Å². The van der Waals surface area contributed by atoms with Crippen LogP contribution in [0.5, 0.6) is 0 Å². The van der Waals surface area contributed by atoms with Gasteiger partial charge in [0.1, 0.15) is 0 Å². The average Bonchev–Trinajstić information content (AvgIpc) is 2.84. The Bertz CT molecular complexity index is 834. The molecule has 9 heteroatoms. The molecule has 2 fully saturated rings. The number of carboxylic acids is 1. The van der Waals surface area contributed by atoms with Crippen LogP contribution in [0.25, 0.3) is 0 Å². The van der Waals surface area contributed by atoms with Crippen molar-refractivity contribution in [1.82, 2.24) is 20.4 Å². The van der Waals surface area contributed by atoms with Crippen LogP contribution in [0, 0.1) is 0 Å². The minimum absolute atomic E-state index is 0.00400. The zero-order chi connectivity index (χ0) is 25.8. The van der Waals surface area contributed by atoms with Gasteiger partial charge in [0.05, 0.1) is 0 Å². The van der Waals surface area contributed by atoms with Crippen molar-refractivity contribution in [3.63, 3.8) is 0 Å². The van der Waals surface area contributed by atoms with Crippen molar-refractivity contribution >= 4 is 29.4 Å². The third-order valence-electron chi connectivity index (χ3n) is 6.99. The highest BCUT2D eigenvalue weighted by Crippen LogP contribution is 2.36. The Morgan fingerprint density at radius 1 is 1.17 bits per heavy atom. The highest BCUT2D eigenvalue weighted by Gasteiger charge is 2.37. The maximum Gasteiger partial charge on any atom is 0.303 e. The Balaban J connectivity index is 0.000000784. The van der Waals surface area contributed by atoms with Crippen molar-refractivity contribution < 1.29 is 19.5 Å². The summed E-state index contributed by atoms with van der Waals surface area (Å²) in [6.07, 6.45) is 5.72. The Kier molecular flexibility index (Phi) is 12.0. The largest absolute Gasteiger partial charge is 0.481 e. The highest BCUT2D eigenvalue weighted by molar-refractivity contribution is 6.30. The van der Waals surface area contributed by atoms with Gasteiger partial charge in [0.25, 0.3) is 0 Å². The van der Waals surface area contributed by atoms with Crippen LogP contribution in [0.4, 0.5) is 0 Å². The number of piperazine rings is 1. The van der Waals surface area contributed by atoms with Gasteiger partial charge in [0, 0.05) is 62.0 Å². The molecule has 2 aliphatic rings. The number of hydrogen-bond acceptors (Lipinski definition) is 5.